The smallest absolute Gasteiger partial charge is 0.191 e. The van der Waals surface area contributed by atoms with Crippen molar-refractivity contribution in [2.75, 3.05) is 13.6 Å². The number of benzene rings is 1. The zero-order valence-corrected chi connectivity index (χ0v) is 12.3. The Hall–Kier alpha value is -1.22. The van der Waals surface area contributed by atoms with E-state index in [4.69, 9.17) is 11.6 Å². The van der Waals surface area contributed by atoms with E-state index in [0.29, 0.717) is 0 Å². The molecule has 0 saturated carbocycles. The molecule has 0 amide bonds. The topological polar surface area (TPSA) is 36.4 Å². The lowest BCUT2D eigenvalue weighted by Crippen LogP contribution is -2.48. The lowest BCUT2D eigenvalue weighted by Gasteiger charge is -2.23. The second-order valence-electron chi connectivity index (χ2n) is 5.25. The molecule has 1 rings (SSSR count). The second-order valence-corrected chi connectivity index (χ2v) is 5.69. The maximum Gasteiger partial charge on any atom is 0.191 e. The molecule has 0 bridgehead atoms. The van der Waals surface area contributed by atoms with Gasteiger partial charge >= 0.3 is 0 Å². The van der Waals surface area contributed by atoms with Crippen molar-refractivity contribution < 1.29 is 0 Å². The zero-order chi connectivity index (χ0) is 13.6. The highest BCUT2D eigenvalue weighted by Gasteiger charge is 2.11. The van der Waals surface area contributed by atoms with Crippen LogP contribution < -0.4 is 10.6 Å². The molecule has 0 aliphatic heterocycles. The molecule has 0 spiro atoms. The molecule has 0 saturated heterocycles. The maximum absolute atomic E-state index is 5.94. The second kappa shape index (κ2) is 6.64. The molecule has 0 atom stereocenters. The third-order valence-electron chi connectivity index (χ3n) is 2.31. The normalized spacial score (nSPS) is 12.4. The van der Waals surface area contributed by atoms with Crippen LogP contribution >= 0.6 is 11.6 Å². The van der Waals surface area contributed by atoms with Gasteiger partial charge in [0.1, 0.15) is 0 Å². The van der Waals surface area contributed by atoms with Gasteiger partial charge in [0.25, 0.3) is 0 Å². The summed E-state index contributed by atoms with van der Waals surface area (Å²) in [5.41, 5.74) is 1.24. The molecule has 100 valence electrons. The predicted octanol–water partition coefficient (Wildman–Crippen LogP) is 2.85. The van der Waals surface area contributed by atoms with E-state index in [9.17, 15) is 0 Å². The zero-order valence-electron chi connectivity index (χ0n) is 11.5. The van der Waals surface area contributed by atoms with Crippen LogP contribution in [0.25, 0.3) is 0 Å². The summed E-state index contributed by atoms with van der Waals surface area (Å²) in [6.07, 6.45) is 0.922. The summed E-state index contributed by atoms with van der Waals surface area (Å²) in [7, 11) is 1.78. The molecule has 4 heteroatoms. The first-order valence-electron chi connectivity index (χ1n) is 6.14. The molecule has 0 aromatic heterocycles. The molecule has 1 aromatic rings. The van der Waals surface area contributed by atoms with Gasteiger partial charge in [-0.05, 0) is 44.9 Å². The van der Waals surface area contributed by atoms with Crippen LogP contribution in [0.4, 0.5) is 0 Å². The highest BCUT2D eigenvalue weighted by atomic mass is 35.5. The molecule has 0 radical (unpaired) electrons. The predicted molar refractivity (Wildman–Crippen MR) is 79.4 cm³/mol. The number of guanidine groups is 1. The molecular formula is C14H22ClN3. The van der Waals surface area contributed by atoms with Crippen LogP contribution in [0.1, 0.15) is 26.3 Å². The van der Waals surface area contributed by atoms with E-state index < -0.39 is 0 Å². The number of nitrogens with one attached hydrogen (secondary N) is 2. The third kappa shape index (κ3) is 5.92. The number of hydrogen-bond donors (Lipinski definition) is 2. The average Bonchev–Trinajstić information content (AvgIpc) is 2.26. The van der Waals surface area contributed by atoms with E-state index in [2.05, 4.69) is 42.5 Å². The molecule has 1 aromatic carbocycles. The van der Waals surface area contributed by atoms with E-state index in [0.717, 1.165) is 23.9 Å². The molecule has 0 heterocycles. The van der Waals surface area contributed by atoms with Gasteiger partial charge in [-0.25, -0.2) is 0 Å². The molecule has 0 unspecified atom stereocenters. The van der Waals surface area contributed by atoms with Gasteiger partial charge in [0, 0.05) is 24.2 Å². The van der Waals surface area contributed by atoms with Crippen molar-refractivity contribution >= 4 is 17.6 Å². The Morgan fingerprint density at radius 1 is 1.33 bits per heavy atom. The number of nitrogens with zero attached hydrogens (tertiary/aromatic N) is 1. The highest BCUT2D eigenvalue weighted by Crippen LogP contribution is 2.10. The van der Waals surface area contributed by atoms with Gasteiger partial charge < -0.3 is 10.6 Å². The molecule has 18 heavy (non-hydrogen) atoms. The van der Waals surface area contributed by atoms with Gasteiger partial charge in [0.2, 0.25) is 0 Å². The quantitative estimate of drug-likeness (QED) is 0.653. The van der Waals surface area contributed by atoms with Crippen molar-refractivity contribution in [1.29, 1.82) is 0 Å². The monoisotopic (exact) mass is 267 g/mol. The summed E-state index contributed by atoms with van der Waals surface area (Å²) >= 11 is 5.94. The highest BCUT2D eigenvalue weighted by molar-refractivity contribution is 6.30. The van der Waals surface area contributed by atoms with Crippen molar-refractivity contribution in [3.63, 3.8) is 0 Å². The standard InChI is InChI=1S/C14H22ClN3/c1-14(2,3)18-13(16-4)17-9-8-11-6-5-7-12(15)10-11/h5-7,10H,8-9H2,1-4H3,(H2,16,17,18). The maximum atomic E-state index is 5.94. The Morgan fingerprint density at radius 3 is 2.61 bits per heavy atom. The van der Waals surface area contributed by atoms with Gasteiger partial charge in [-0.1, -0.05) is 23.7 Å². The van der Waals surface area contributed by atoms with Gasteiger partial charge in [0.15, 0.2) is 5.96 Å². The first kappa shape index (κ1) is 14.8. The van der Waals surface area contributed by atoms with Crippen molar-refractivity contribution in [2.45, 2.75) is 32.7 Å². The average molecular weight is 268 g/mol. The van der Waals surface area contributed by atoms with Gasteiger partial charge in [0.05, 0.1) is 0 Å². The van der Waals surface area contributed by atoms with Gasteiger partial charge in [-0.2, -0.15) is 0 Å². The van der Waals surface area contributed by atoms with Crippen LogP contribution in [0, 0.1) is 0 Å². The summed E-state index contributed by atoms with van der Waals surface area (Å²) in [4.78, 5) is 4.19. The first-order valence-corrected chi connectivity index (χ1v) is 6.52. The lowest BCUT2D eigenvalue weighted by atomic mass is 10.1. The fourth-order valence-corrected chi connectivity index (χ4v) is 1.76. The van der Waals surface area contributed by atoms with E-state index in [1.54, 1.807) is 7.05 Å². The Morgan fingerprint density at radius 2 is 2.06 bits per heavy atom. The van der Waals surface area contributed by atoms with E-state index in [1.807, 2.05) is 18.2 Å². The minimum absolute atomic E-state index is 0.0118. The summed E-state index contributed by atoms with van der Waals surface area (Å²) in [6.45, 7) is 7.15. The largest absolute Gasteiger partial charge is 0.356 e. The Bertz CT molecular complexity index is 408. The number of rotatable bonds is 3. The van der Waals surface area contributed by atoms with Crippen LogP contribution in [0.2, 0.25) is 5.02 Å². The Kier molecular flexibility index (Phi) is 5.48. The summed E-state index contributed by atoms with van der Waals surface area (Å²) in [5.74, 6) is 0.824. The van der Waals surface area contributed by atoms with Crippen LogP contribution in [0.5, 0.6) is 0 Å². The molecular weight excluding hydrogens is 246 g/mol. The van der Waals surface area contributed by atoms with Crippen LogP contribution in [-0.2, 0) is 6.42 Å². The minimum Gasteiger partial charge on any atom is -0.356 e. The first-order chi connectivity index (χ1) is 8.40. The molecule has 2 N–H and O–H groups in total. The lowest BCUT2D eigenvalue weighted by molar-refractivity contribution is 0.501. The van der Waals surface area contributed by atoms with Crippen molar-refractivity contribution in [3.05, 3.63) is 34.9 Å². The number of halogens is 1. The SMILES string of the molecule is CN=C(NCCc1cccc(Cl)c1)NC(C)(C)C. The Labute approximate surface area is 115 Å². The summed E-state index contributed by atoms with van der Waals surface area (Å²) in [5, 5.41) is 7.39. The Balaban J connectivity index is 2.41. The van der Waals surface area contributed by atoms with E-state index >= 15 is 0 Å². The summed E-state index contributed by atoms with van der Waals surface area (Å²) < 4.78 is 0. The summed E-state index contributed by atoms with van der Waals surface area (Å²) in [6, 6.07) is 7.93. The fraction of sp³-hybridized carbons (Fsp3) is 0.500. The minimum atomic E-state index is 0.0118. The van der Waals surface area contributed by atoms with E-state index in [-0.39, 0.29) is 5.54 Å². The van der Waals surface area contributed by atoms with Crippen LogP contribution in [0.15, 0.2) is 29.3 Å². The van der Waals surface area contributed by atoms with Gasteiger partial charge in [-0.3, -0.25) is 4.99 Å². The molecule has 3 nitrogen and oxygen atoms in total. The van der Waals surface area contributed by atoms with Crippen molar-refractivity contribution in [1.82, 2.24) is 10.6 Å². The number of hydrogen-bond acceptors (Lipinski definition) is 1. The molecule has 0 aliphatic carbocycles. The van der Waals surface area contributed by atoms with Crippen LogP contribution in [-0.4, -0.2) is 25.1 Å². The van der Waals surface area contributed by atoms with Gasteiger partial charge in [-0.15, -0.1) is 0 Å². The van der Waals surface area contributed by atoms with Crippen LogP contribution in [0.3, 0.4) is 0 Å². The number of aliphatic imine (C=N–C) groups is 1. The van der Waals surface area contributed by atoms with Crippen molar-refractivity contribution in [2.24, 2.45) is 4.99 Å². The fourth-order valence-electron chi connectivity index (χ4n) is 1.55. The molecule has 0 fully saturated rings. The van der Waals surface area contributed by atoms with Crippen molar-refractivity contribution in [3.8, 4) is 0 Å². The molecule has 0 aliphatic rings. The van der Waals surface area contributed by atoms with E-state index in [1.165, 1.54) is 5.56 Å². The third-order valence-corrected chi connectivity index (χ3v) is 2.55.